The summed E-state index contributed by atoms with van der Waals surface area (Å²) in [6.07, 6.45) is 2.65. The molecule has 108 valence electrons. The first-order valence-electron chi connectivity index (χ1n) is 7.41. The Bertz CT molecular complexity index is 250. The molecule has 0 spiro atoms. The summed E-state index contributed by atoms with van der Waals surface area (Å²) in [5, 5.41) is 3.57. The zero-order valence-corrected chi connectivity index (χ0v) is 13.5. The molecule has 3 unspecified atom stereocenters. The summed E-state index contributed by atoms with van der Waals surface area (Å²) >= 11 is 0. The number of nitrogens with zero attached hydrogens (tertiary/aromatic N) is 2. The van der Waals surface area contributed by atoms with Crippen molar-refractivity contribution in [1.82, 2.24) is 15.1 Å². The van der Waals surface area contributed by atoms with Gasteiger partial charge in [-0.2, -0.15) is 0 Å². The Morgan fingerprint density at radius 3 is 2.39 bits per heavy atom. The average molecular weight is 255 g/mol. The summed E-state index contributed by atoms with van der Waals surface area (Å²) in [7, 11) is 6.45. The lowest BCUT2D eigenvalue weighted by Gasteiger charge is -2.40. The second-order valence-electron chi connectivity index (χ2n) is 6.80. The molecule has 18 heavy (non-hydrogen) atoms. The second-order valence-corrected chi connectivity index (χ2v) is 6.80. The van der Waals surface area contributed by atoms with Crippen LogP contribution in [0.5, 0.6) is 0 Å². The van der Waals surface area contributed by atoms with E-state index in [1.54, 1.807) is 0 Å². The Balaban J connectivity index is 2.76. The van der Waals surface area contributed by atoms with Crippen LogP contribution < -0.4 is 5.32 Å². The zero-order chi connectivity index (χ0) is 13.9. The van der Waals surface area contributed by atoms with Crippen molar-refractivity contribution >= 4 is 0 Å². The van der Waals surface area contributed by atoms with E-state index in [1.165, 1.54) is 12.8 Å². The van der Waals surface area contributed by atoms with Gasteiger partial charge in [0, 0.05) is 24.7 Å². The molecular formula is C15H33N3. The predicted molar refractivity (Wildman–Crippen MR) is 80.0 cm³/mol. The van der Waals surface area contributed by atoms with Crippen LogP contribution in [0.2, 0.25) is 0 Å². The van der Waals surface area contributed by atoms with Crippen LogP contribution in [0.25, 0.3) is 0 Å². The monoisotopic (exact) mass is 255 g/mol. The van der Waals surface area contributed by atoms with Crippen LogP contribution in [-0.2, 0) is 0 Å². The first-order valence-corrected chi connectivity index (χ1v) is 7.41. The standard InChI is InChI=1S/C15H33N3/c1-8-18(12(2)11-17(6)7)13-9-10-15(3,4)14(13)16-5/h12-14,16H,8-11H2,1-7H3. The molecule has 0 bridgehead atoms. The third kappa shape index (κ3) is 3.46. The Kier molecular flexibility index (Phi) is 5.63. The molecule has 1 rings (SSSR count). The SMILES string of the molecule is CCN(C(C)CN(C)C)C1CCC(C)(C)C1NC. The zero-order valence-electron chi connectivity index (χ0n) is 13.5. The normalized spacial score (nSPS) is 29.2. The fourth-order valence-corrected chi connectivity index (χ4v) is 3.81. The second kappa shape index (κ2) is 6.36. The topological polar surface area (TPSA) is 18.5 Å². The molecule has 1 aliphatic rings. The van der Waals surface area contributed by atoms with Crippen molar-refractivity contribution < 1.29 is 0 Å². The summed E-state index contributed by atoms with van der Waals surface area (Å²) < 4.78 is 0. The van der Waals surface area contributed by atoms with Gasteiger partial charge in [0.15, 0.2) is 0 Å². The van der Waals surface area contributed by atoms with Crippen LogP contribution in [0.3, 0.4) is 0 Å². The Hall–Kier alpha value is -0.120. The maximum atomic E-state index is 3.57. The number of rotatable bonds is 6. The third-order valence-corrected chi connectivity index (χ3v) is 4.61. The molecule has 0 saturated heterocycles. The molecule has 0 aromatic carbocycles. The van der Waals surface area contributed by atoms with Gasteiger partial charge < -0.3 is 10.2 Å². The van der Waals surface area contributed by atoms with Crippen molar-refractivity contribution in [3.05, 3.63) is 0 Å². The molecule has 3 heteroatoms. The van der Waals surface area contributed by atoms with Crippen LogP contribution in [0.1, 0.15) is 40.5 Å². The summed E-state index contributed by atoms with van der Waals surface area (Å²) in [5.74, 6) is 0. The van der Waals surface area contributed by atoms with E-state index in [2.05, 4.69) is 64.0 Å². The Morgan fingerprint density at radius 2 is 1.94 bits per heavy atom. The van der Waals surface area contributed by atoms with E-state index in [4.69, 9.17) is 0 Å². The van der Waals surface area contributed by atoms with Crippen molar-refractivity contribution in [2.75, 3.05) is 34.2 Å². The van der Waals surface area contributed by atoms with E-state index in [1.807, 2.05) is 0 Å². The van der Waals surface area contributed by atoms with Crippen LogP contribution in [0.15, 0.2) is 0 Å². The number of hydrogen-bond donors (Lipinski definition) is 1. The van der Waals surface area contributed by atoms with E-state index in [-0.39, 0.29) is 0 Å². The quantitative estimate of drug-likeness (QED) is 0.783. The minimum Gasteiger partial charge on any atom is -0.315 e. The van der Waals surface area contributed by atoms with E-state index in [0.29, 0.717) is 23.5 Å². The van der Waals surface area contributed by atoms with E-state index < -0.39 is 0 Å². The van der Waals surface area contributed by atoms with Crippen molar-refractivity contribution in [3.8, 4) is 0 Å². The van der Waals surface area contributed by atoms with E-state index in [9.17, 15) is 0 Å². The molecule has 0 heterocycles. The fraction of sp³-hybridized carbons (Fsp3) is 1.00. The van der Waals surface area contributed by atoms with Gasteiger partial charge in [-0.25, -0.2) is 0 Å². The molecule has 1 fully saturated rings. The van der Waals surface area contributed by atoms with Gasteiger partial charge in [0.2, 0.25) is 0 Å². The maximum Gasteiger partial charge on any atom is 0.0271 e. The van der Waals surface area contributed by atoms with Gasteiger partial charge >= 0.3 is 0 Å². The van der Waals surface area contributed by atoms with Crippen molar-refractivity contribution in [3.63, 3.8) is 0 Å². The van der Waals surface area contributed by atoms with Crippen LogP contribution in [-0.4, -0.2) is 62.2 Å². The molecule has 3 nitrogen and oxygen atoms in total. The molecule has 3 atom stereocenters. The average Bonchev–Trinajstić information content (AvgIpc) is 2.54. The first-order chi connectivity index (χ1) is 8.33. The summed E-state index contributed by atoms with van der Waals surface area (Å²) in [6, 6.07) is 1.92. The highest BCUT2D eigenvalue weighted by Gasteiger charge is 2.44. The predicted octanol–water partition coefficient (Wildman–Crippen LogP) is 2.03. The van der Waals surface area contributed by atoms with Gasteiger partial charge in [-0.05, 0) is 52.9 Å². The molecule has 0 aromatic heterocycles. The lowest BCUT2D eigenvalue weighted by molar-refractivity contribution is 0.0995. The molecule has 1 N–H and O–H groups in total. The van der Waals surface area contributed by atoms with Gasteiger partial charge in [0.25, 0.3) is 0 Å². The van der Waals surface area contributed by atoms with E-state index >= 15 is 0 Å². The fourth-order valence-electron chi connectivity index (χ4n) is 3.81. The third-order valence-electron chi connectivity index (χ3n) is 4.61. The highest BCUT2D eigenvalue weighted by atomic mass is 15.2. The van der Waals surface area contributed by atoms with Gasteiger partial charge in [-0.15, -0.1) is 0 Å². The van der Waals surface area contributed by atoms with Crippen LogP contribution in [0.4, 0.5) is 0 Å². The highest BCUT2D eigenvalue weighted by molar-refractivity contribution is 5.01. The lowest BCUT2D eigenvalue weighted by Crippen LogP contribution is -2.54. The van der Waals surface area contributed by atoms with Crippen LogP contribution >= 0.6 is 0 Å². The van der Waals surface area contributed by atoms with Gasteiger partial charge in [-0.1, -0.05) is 20.8 Å². The largest absolute Gasteiger partial charge is 0.315 e. The van der Waals surface area contributed by atoms with E-state index in [0.717, 1.165) is 13.1 Å². The minimum absolute atomic E-state index is 0.421. The van der Waals surface area contributed by atoms with Gasteiger partial charge in [0.05, 0.1) is 0 Å². The van der Waals surface area contributed by atoms with Crippen LogP contribution in [0, 0.1) is 5.41 Å². The Labute approximate surface area is 114 Å². The molecule has 0 radical (unpaired) electrons. The summed E-state index contributed by atoms with van der Waals surface area (Å²) in [5.41, 5.74) is 0.421. The first kappa shape index (κ1) is 15.9. The molecule has 1 aliphatic carbocycles. The Morgan fingerprint density at radius 1 is 1.33 bits per heavy atom. The number of hydrogen-bond acceptors (Lipinski definition) is 3. The lowest BCUT2D eigenvalue weighted by atomic mass is 9.86. The summed E-state index contributed by atoms with van der Waals surface area (Å²) in [4.78, 5) is 4.98. The molecule has 1 saturated carbocycles. The number of likely N-dealkylation sites (N-methyl/N-ethyl adjacent to an activating group) is 3. The smallest absolute Gasteiger partial charge is 0.0271 e. The summed E-state index contributed by atoms with van der Waals surface area (Å²) in [6.45, 7) is 11.7. The van der Waals surface area contributed by atoms with Crippen molar-refractivity contribution in [1.29, 1.82) is 0 Å². The number of nitrogens with one attached hydrogen (secondary N) is 1. The van der Waals surface area contributed by atoms with Crippen molar-refractivity contribution in [2.45, 2.75) is 58.7 Å². The van der Waals surface area contributed by atoms with Gasteiger partial charge in [-0.3, -0.25) is 4.90 Å². The molecule has 0 amide bonds. The molecule has 0 aromatic rings. The van der Waals surface area contributed by atoms with Gasteiger partial charge in [0.1, 0.15) is 0 Å². The maximum absolute atomic E-state index is 3.57. The minimum atomic E-state index is 0.421. The highest BCUT2D eigenvalue weighted by Crippen LogP contribution is 2.40. The molecular weight excluding hydrogens is 222 g/mol. The molecule has 0 aliphatic heterocycles. The van der Waals surface area contributed by atoms with Crippen molar-refractivity contribution in [2.24, 2.45) is 5.41 Å².